The molecule has 0 heterocycles. The van der Waals surface area contributed by atoms with Gasteiger partial charge in [0, 0.05) is 26.2 Å². The Labute approximate surface area is 87.2 Å². The van der Waals surface area contributed by atoms with E-state index in [1.807, 2.05) is 6.92 Å². The van der Waals surface area contributed by atoms with Gasteiger partial charge < -0.3 is 10.1 Å². The number of nitrogens with one attached hydrogen (secondary N) is 1. The largest absolute Gasteiger partial charge is 0.381 e. The summed E-state index contributed by atoms with van der Waals surface area (Å²) in [5.74, 6) is 0.757. The molecule has 1 N–H and O–H groups in total. The average Bonchev–Trinajstić information content (AvgIpc) is 2.22. The topological polar surface area (TPSA) is 38.3 Å². The smallest absolute Gasteiger partial charge is 0.219 e. The lowest BCUT2D eigenvalue weighted by Gasteiger charge is -2.09. The second kappa shape index (κ2) is 9.00. The highest BCUT2D eigenvalue weighted by Crippen LogP contribution is 2.00. The first kappa shape index (κ1) is 13.4. The summed E-state index contributed by atoms with van der Waals surface area (Å²) in [7, 11) is 0. The molecule has 0 saturated carbocycles. The van der Waals surface area contributed by atoms with E-state index in [4.69, 9.17) is 4.74 Å². The summed E-state index contributed by atoms with van der Waals surface area (Å²) in [6.07, 6.45) is 2.63. The molecular weight excluding hydrogens is 178 g/mol. The van der Waals surface area contributed by atoms with E-state index in [1.54, 1.807) is 0 Å². The number of hydrogen-bond acceptors (Lipinski definition) is 2. The molecule has 0 radical (unpaired) electrons. The standard InChI is InChI=1S/C11H23NO2/c1-4-10(3)9-14-8-6-7-12-11(13)5-2/h10H,4-9H2,1-3H3,(H,12,13). The van der Waals surface area contributed by atoms with Gasteiger partial charge in [0.15, 0.2) is 0 Å². The van der Waals surface area contributed by atoms with Gasteiger partial charge in [-0.1, -0.05) is 27.2 Å². The quantitative estimate of drug-likeness (QED) is 0.610. The predicted octanol–water partition coefficient (Wildman–Crippen LogP) is 1.97. The Bertz CT molecular complexity index is 148. The van der Waals surface area contributed by atoms with Gasteiger partial charge in [-0.05, 0) is 12.3 Å². The van der Waals surface area contributed by atoms with Crippen molar-refractivity contribution in [1.29, 1.82) is 0 Å². The molecule has 1 unspecified atom stereocenters. The van der Waals surface area contributed by atoms with Crippen LogP contribution in [0, 0.1) is 5.92 Å². The summed E-state index contributed by atoms with van der Waals surface area (Å²) < 4.78 is 5.45. The molecule has 1 atom stereocenters. The Kier molecular flexibility index (Phi) is 8.64. The fourth-order valence-electron chi connectivity index (χ4n) is 0.929. The van der Waals surface area contributed by atoms with Crippen LogP contribution < -0.4 is 5.32 Å². The zero-order valence-corrected chi connectivity index (χ0v) is 9.64. The van der Waals surface area contributed by atoms with Crippen LogP contribution in [0.15, 0.2) is 0 Å². The molecule has 84 valence electrons. The highest BCUT2D eigenvalue weighted by molar-refractivity contribution is 5.75. The van der Waals surface area contributed by atoms with Crippen molar-refractivity contribution in [3.05, 3.63) is 0 Å². The molecule has 1 amide bonds. The SMILES string of the molecule is CCC(=O)NCCCOCC(C)CC. The van der Waals surface area contributed by atoms with Crippen LogP contribution in [0.2, 0.25) is 0 Å². The Morgan fingerprint density at radius 3 is 2.71 bits per heavy atom. The molecule has 0 aliphatic heterocycles. The monoisotopic (exact) mass is 201 g/mol. The van der Waals surface area contributed by atoms with E-state index in [1.165, 1.54) is 0 Å². The van der Waals surface area contributed by atoms with Crippen LogP contribution in [0.1, 0.15) is 40.0 Å². The number of ether oxygens (including phenoxy) is 1. The maximum Gasteiger partial charge on any atom is 0.219 e. The lowest BCUT2D eigenvalue weighted by Crippen LogP contribution is -2.24. The Morgan fingerprint density at radius 1 is 1.43 bits per heavy atom. The predicted molar refractivity (Wildman–Crippen MR) is 58.2 cm³/mol. The average molecular weight is 201 g/mol. The third-order valence-electron chi connectivity index (χ3n) is 2.21. The van der Waals surface area contributed by atoms with Crippen molar-refractivity contribution in [3.8, 4) is 0 Å². The van der Waals surface area contributed by atoms with Crippen molar-refractivity contribution in [2.45, 2.75) is 40.0 Å². The van der Waals surface area contributed by atoms with Crippen LogP contribution in [-0.2, 0) is 9.53 Å². The van der Waals surface area contributed by atoms with Gasteiger partial charge in [-0.2, -0.15) is 0 Å². The van der Waals surface area contributed by atoms with Crippen molar-refractivity contribution in [2.24, 2.45) is 5.92 Å². The molecule has 0 rings (SSSR count). The summed E-state index contributed by atoms with van der Waals surface area (Å²) >= 11 is 0. The van der Waals surface area contributed by atoms with Gasteiger partial charge >= 0.3 is 0 Å². The minimum Gasteiger partial charge on any atom is -0.381 e. The first-order valence-electron chi connectivity index (χ1n) is 5.55. The first-order chi connectivity index (χ1) is 6.70. The normalized spacial score (nSPS) is 12.5. The number of rotatable bonds is 8. The molecule has 3 heteroatoms. The van der Waals surface area contributed by atoms with Gasteiger partial charge in [0.25, 0.3) is 0 Å². The van der Waals surface area contributed by atoms with Crippen LogP contribution in [0.4, 0.5) is 0 Å². The van der Waals surface area contributed by atoms with Crippen molar-refractivity contribution in [2.75, 3.05) is 19.8 Å². The molecule has 0 aromatic heterocycles. The zero-order valence-electron chi connectivity index (χ0n) is 9.64. The van der Waals surface area contributed by atoms with Gasteiger partial charge in [0.1, 0.15) is 0 Å². The summed E-state index contributed by atoms with van der Waals surface area (Å²) in [4.78, 5) is 10.8. The maximum absolute atomic E-state index is 10.8. The highest BCUT2D eigenvalue weighted by Gasteiger charge is 1.98. The molecule has 3 nitrogen and oxygen atoms in total. The zero-order chi connectivity index (χ0) is 10.8. The summed E-state index contributed by atoms with van der Waals surface area (Å²) in [5.41, 5.74) is 0. The molecule has 0 fully saturated rings. The lowest BCUT2D eigenvalue weighted by molar-refractivity contribution is -0.120. The van der Waals surface area contributed by atoms with Crippen LogP contribution >= 0.6 is 0 Å². The first-order valence-corrected chi connectivity index (χ1v) is 5.55. The van der Waals surface area contributed by atoms with Crippen molar-refractivity contribution < 1.29 is 9.53 Å². The Morgan fingerprint density at radius 2 is 2.14 bits per heavy atom. The molecule has 14 heavy (non-hydrogen) atoms. The number of carbonyl (C=O) groups is 1. The molecule has 0 aliphatic rings. The molecule has 0 aromatic carbocycles. The summed E-state index contributed by atoms with van der Waals surface area (Å²) in [6.45, 7) is 8.50. The maximum atomic E-state index is 10.8. The van der Waals surface area contributed by atoms with Crippen LogP contribution in [0.3, 0.4) is 0 Å². The number of hydrogen-bond donors (Lipinski definition) is 1. The van der Waals surface area contributed by atoms with Gasteiger partial charge in [-0.25, -0.2) is 0 Å². The van der Waals surface area contributed by atoms with Gasteiger partial charge in [-0.15, -0.1) is 0 Å². The van der Waals surface area contributed by atoms with E-state index >= 15 is 0 Å². The van der Waals surface area contributed by atoms with Gasteiger partial charge in [0.2, 0.25) is 5.91 Å². The van der Waals surface area contributed by atoms with Gasteiger partial charge in [0.05, 0.1) is 0 Å². The highest BCUT2D eigenvalue weighted by atomic mass is 16.5. The van der Waals surface area contributed by atoms with Gasteiger partial charge in [-0.3, -0.25) is 4.79 Å². The molecule has 0 aliphatic carbocycles. The second-order valence-electron chi connectivity index (χ2n) is 3.65. The summed E-state index contributed by atoms with van der Waals surface area (Å²) in [5, 5.41) is 2.82. The minimum atomic E-state index is 0.118. The second-order valence-corrected chi connectivity index (χ2v) is 3.65. The molecule has 0 aromatic rings. The van der Waals surface area contributed by atoms with E-state index < -0.39 is 0 Å². The summed E-state index contributed by atoms with van der Waals surface area (Å²) in [6, 6.07) is 0. The number of carbonyl (C=O) groups excluding carboxylic acids is 1. The van der Waals surface area contributed by atoms with Crippen molar-refractivity contribution >= 4 is 5.91 Å². The Hall–Kier alpha value is -0.570. The fraction of sp³-hybridized carbons (Fsp3) is 0.909. The van der Waals surface area contributed by atoms with E-state index in [0.29, 0.717) is 12.3 Å². The van der Waals surface area contributed by atoms with E-state index in [9.17, 15) is 4.79 Å². The van der Waals surface area contributed by atoms with E-state index in [-0.39, 0.29) is 5.91 Å². The van der Waals surface area contributed by atoms with Crippen molar-refractivity contribution in [3.63, 3.8) is 0 Å². The molecular formula is C11H23NO2. The third kappa shape index (κ3) is 8.05. The Balaban J connectivity index is 3.10. The number of amides is 1. The van der Waals surface area contributed by atoms with E-state index in [2.05, 4.69) is 19.2 Å². The minimum absolute atomic E-state index is 0.118. The fourth-order valence-corrected chi connectivity index (χ4v) is 0.929. The van der Waals surface area contributed by atoms with Crippen LogP contribution in [0.5, 0.6) is 0 Å². The molecule has 0 saturated heterocycles. The van der Waals surface area contributed by atoms with Crippen LogP contribution in [0.25, 0.3) is 0 Å². The molecule has 0 bridgehead atoms. The molecule has 0 spiro atoms. The third-order valence-corrected chi connectivity index (χ3v) is 2.21. The lowest BCUT2D eigenvalue weighted by atomic mass is 10.1. The van der Waals surface area contributed by atoms with E-state index in [0.717, 1.165) is 32.6 Å². The van der Waals surface area contributed by atoms with Crippen molar-refractivity contribution in [1.82, 2.24) is 5.32 Å². The van der Waals surface area contributed by atoms with Crippen LogP contribution in [-0.4, -0.2) is 25.7 Å².